The molecule has 0 unspecified atom stereocenters. The highest BCUT2D eigenvalue weighted by atomic mass is 16.5. The van der Waals surface area contributed by atoms with E-state index in [9.17, 15) is 4.79 Å². The molecule has 3 rings (SSSR count). The lowest BCUT2D eigenvalue weighted by Gasteiger charge is -2.38. The number of nitrogens with one attached hydrogen (secondary N) is 1. The molecule has 98 valence electrons. The van der Waals surface area contributed by atoms with Crippen LogP contribution in [0, 0.1) is 6.92 Å². The standard InChI is InChI=1S/C15H16N2O2/c1-11-3-2-4-13(7-11)19-14-9-17(10-14)15(18)12-5-6-16-8-12/h2-8,14,16H,9-10H2,1H3. The van der Waals surface area contributed by atoms with Crippen LogP contribution in [0.2, 0.25) is 0 Å². The SMILES string of the molecule is Cc1cccc(OC2CN(C(=O)c3cc[nH]c3)C2)c1. The van der Waals surface area contributed by atoms with E-state index in [1.54, 1.807) is 23.4 Å². The molecule has 0 bridgehead atoms. The molecule has 2 aromatic rings. The summed E-state index contributed by atoms with van der Waals surface area (Å²) in [6.07, 6.45) is 3.58. The summed E-state index contributed by atoms with van der Waals surface area (Å²) >= 11 is 0. The monoisotopic (exact) mass is 256 g/mol. The zero-order valence-corrected chi connectivity index (χ0v) is 10.8. The number of rotatable bonds is 3. The van der Waals surface area contributed by atoms with Crippen LogP contribution in [0.5, 0.6) is 5.75 Å². The zero-order chi connectivity index (χ0) is 13.2. The van der Waals surface area contributed by atoms with Gasteiger partial charge in [0.25, 0.3) is 5.91 Å². The Morgan fingerprint density at radius 2 is 2.21 bits per heavy atom. The Hall–Kier alpha value is -2.23. The molecular formula is C15H16N2O2. The third kappa shape index (κ3) is 2.47. The molecular weight excluding hydrogens is 240 g/mol. The average Bonchev–Trinajstić information content (AvgIpc) is 2.86. The van der Waals surface area contributed by atoms with E-state index in [2.05, 4.69) is 4.98 Å². The fraction of sp³-hybridized carbons (Fsp3) is 0.267. The van der Waals surface area contributed by atoms with Gasteiger partial charge < -0.3 is 14.6 Å². The molecule has 2 heterocycles. The number of aryl methyl sites for hydroxylation is 1. The number of carbonyl (C=O) groups excluding carboxylic acids is 1. The smallest absolute Gasteiger partial charge is 0.255 e. The first-order valence-electron chi connectivity index (χ1n) is 6.38. The van der Waals surface area contributed by atoms with Crippen molar-refractivity contribution in [2.24, 2.45) is 0 Å². The fourth-order valence-corrected chi connectivity index (χ4v) is 2.20. The lowest BCUT2D eigenvalue weighted by atomic mass is 10.1. The number of benzene rings is 1. The summed E-state index contributed by atoms with van der Waals surface area (Å²) in [5.41, 5.74) is 1.88. The first-order chi connectivity index (χ1) is 9.22. The summed E-state index contributed by atoms with van der Waals surface area (Å²) in [6, 6.07) is 9.76. The topological polar surface area (TPSA) is 45.3 Å². The molecule has 1 fully saturated rings. The number of likely N-dealkylation sites (tertiary alicyclic amines) is 1. The molecule has 0 saturated carbocycles. The van der Waals surface area contributed by atoms with E-state index in [-0.39, 0.29) is 12.0 Å². The fourth-order valence-electron chi connectivity index (χ4n) is 2.20. The molecule has 4 nitrogen and oxygen atoms in total. The number of hydrogen-bond donors (Lipinski definition) is 1. The maximum absolute atomic E-state index is 12.0. The molecule has 1 amide bonds. The number of ether oxygens (including phenoxy) is 1. The number of hydrogen-bond acceptors (Lipinski definition) is 2. The molecule has 4 heteroatoms. The molecule has 0 spiro atoms. The molecule has 1 aliphatic rings. The summed E-state index contributed by atoms with van der Waals surface area (Å²) < 4.78 is 5.83. The Kier molecular flexibility index (Phi) is 2.99. The number of aromatic nitrogens is 1. The predicted molar refractivity (Wildman–Crippen MR) is 72.3 cm³/mol. The second-order valence-electron chi connectivity index (χ2n) is 4.87. The van der Waals surface area contributed by atoms with Crippen LogP contribution in [-0.2, 0) is 0 Å². The van der Waals surface area contributed by atoms with E-state index in [1.165, 1.54) is 5.56 Å². The van der Waals surface area contributed by atoms with Gasteiger partial charge in [-0.2, -0.15) is 0 Å². The Labute approximate surface area is 112 Å². The highest BCUT2D eigenvalue weighted by Gasteiger charge is 2.32. The molecule has 0 aliphatic carbocycles. The Bertz CT molecular complexity index is 572. The quantitative estimate of drug-likeness (QED) is 0.915. The van der Waals surface area contributed by atoms with Crippen LogP contribution in [-0.4, -0.2) is 35.0 Å². The van der Waals surface area contributed by atoms with E-state index >= 15 is 0 Å². The Morgan fingerprint density at radius 3 is 2.89 bits per heavy atom. The summed E-state index contributed by atoms with van der Waals surface area (Å²) in [4.78, 5) is 16.7. The summed E-state index contributed by atoms with van der Waals surface area (Å²) in [5.74, 6) is 0.934. The van der Waals surface area contributed by atoms with E-state index < -0.39 is 0 Å². The number of aromatic amines is 1. The second kappa shape index (κ2) is 4.80. The van der Waals surface area contributed by atoms with Crippen LogP contribution in [0.4, 0.5) is 0 Å². The minimum atomic E-state index is 0.0605. The highest BCUT2D eigenvalue weighted by molar-refractivity contribution is 5.94. The lowest BCUT2D eigenvalue weighted by molar-refractivity contribution is 0.0178. The van der Waals surface area contributed by atoms with E-state index in [0.717, 1.165) is 5.75 Å². The van der Waals surface area contributed by atoms with Crippen molar-refractivity contribution in [1.29, 1.82) is 0 Å². The number of carbonyl (C=O) groups is 1. The maximum Gasteiger partial charge on any atom is 0.255 e. The maximum atomic E-state index is 12.0. The van der Waals surface area contributed by atoms with Crippen molar-refractivity contribution >= 4 is 5.91 Å². The van der Waals surface area contributed by atoms with E-state index in [1.807, 2.05) is 31.2 Å². The van der Waals surface area contributed by atoms with Crippen LogP contribution in [0.1, 0.15) is 15.9 Å². The lowest BCUT2D eigenvalue weighted by Crippen LogP contribution is -2.56. The largest absolute Gasteiger partial charge is 0.487 e. The predicted octanol–water partition coefficient (Wildman–Crippen LogP) is 2.23. The van der Waals surface area contributed by atoms with Gasteiger partial charge in [0, 0.05) is 12.4 Å². The van der Waals surface area contributed by atoms with Crippen molar-refractivity contribution < 1.29 is 9.53 Å². The van der Waals surface area contributed by atoms with Crippen LogP contribution in [0.25, 0.3) is 0 Å². The van der Waals surface area contributed by atoms with Crippen molar-refractivity contribution in [1.82, 2.24) is 9.88 Å². The van der Waals surface area contributed by atoms with Gasteiger partial charge in [0.2, 0.25) is 0 Å². The molecule has 19 heavy (non-hydrogen) atoms. The van der Waals surface area contributed by atoms with Gasteiger partial charge in [-0.05, 0) is 30.7 Å². The van der Waals surface area contributed by atoms with Gasteiger partial charge >= 0.3 is 0 Å². The Morgan fingerprint density at radius 1 is 1.37 bits per heavy atom. The van der Waals surface area contributed by atoms with Crippen molar-refractivity contribution in [2.45, 2.75) is 13.0 Å². The molecule has 1 N–H and O–H groups in total. The van der Waals surface area contributed by atoms with Crippen molar-refractivity contribution in [3.05, 3.63) is 53.9 Å². The normalized spacial score (nSPS) is 15.1. The first-order valence-corrected chi connectivity index (χ1v) is 6.38. The van der Waals surface area contributed by atoms with Crippen molar-refractivity contribution in [2.75, 3.05) is 13.1 Å². The summed E-state index contributed by atoms with van der Waals surface area (Å²) in [7, 11) is 0. The number of nitrogens with zero attached hydrogens (tertiary/aromatic N) is 1. The van der Waals surface area contributed by atoms with E-state index in [0.29, 0.717) is 18.7 Å². The first kappa shape index (κ1) is 11.8. The molecule has 0 atom stereocenters. The number of amides is 1. The molecule has 1 aromatic heterocycles. The zero-order valence-electron chi connectivity index (χ0n) is 10.8. The molecule has 1 aliphatic heterocycles. The highest BCUT2D eigenvalue weighted by Crippen LogP contribution is 2.20. The van der Waals surface area contributed by atoms with Gasteiger partial charge in [0.15, 0.2) is 0 Å². The average molecular weight is 256 g/mol. The summed E-state index contributed by atoms with van der Waals surface area (Å²) in [6.45, 7) is 3.34. The van der Waals surface area contributed by atoms with Crippen molar-refractivity contribution in [3.63, 3.8) is 0 Å². The van der Waals surface area contributed by atoms with Gasteiger partial charge in [-0.1, -0.05) is 12.1 Å². The minimum absolute atomic E-state index is 0.0605. The van der Waals surface area contributed by atoms with Gasteiger partial charge in [0.1, 0.15) is 11.9 Å². The third-order valence-electron chi connectivity index (χ3n) is 3.27. The van der Waals surface area contributed by atoms with Crippen molar-refractivity contribution in [3.8, 4) is 5.75 Å². The van der Waals surface area contributed by atoms with E-state index in [4.69, 9.17) is 4.74 Å². The van der Waals surface area contributed by atoms with Gasteiger partial charge in [-0.3, -0.25) is 4.79 Å². The van der Waals surface area contributed by atoms with Crippen LogP contribution in [0.3, 0.4) is 0 Å². The van der Waals surface area contributed by atoms with Crippen LogP contribution in [0.15, 0.2) is 42.7 Å². The third-order valence-corrected chi connectivity index (χ3v) is 3.27. The second-order valence-corrected chi connectivity index (χ2v) is 4.87. The van der Waals surface area contributed by atoms with Gasteiger partial charge in [-0.25, -0.2) is 0 Å². The van der Waals surface area contributed by atoms with Gasteiger partial charge in [0.05, 0.1) is 18.7 Å². The Balaban J connectivity index is 1.54. The van der Waals surface area contributed by atoms with Crippen LogP contribution >= 0.6 is 0 Å². The summed E-state index contributed by atoms with van der Waals surface area (Å²) in [5, 5.41) is 0. The van der Waals surface area contributed by atoms with Crippen LogP contribution < -0.4 is 4.74 Å². The van der Waals surface area contributed by atoms with Gasteiger partial charge in [-0.15, -0.1) is 0 Å². The minimum Gasteiger partial charge on any atom is -0.487 e. The molecule has 1 aromatic carbocycles. The number of H-pyrrole nitrogens is 1. The molecule has 1 saturated heterocycles. The molecule has 0 radical (unpaired) electrons.